The lowest BCUT2D eigenvalue weighted by Gasteiger charge is -1.98. The van der Waals surface area contributed by atoms with E-state index in [4.69, 9.17) is 6.42 Å². The Kier molecular flexibility index (Phi) is 4.49. The smallest absolute Gasteiger partial charge is 0.165 e. The number of hydrogen-bond acceptors (Lipinski definition) is 2. The van der Waals surface area contributed by atoms with Crippen molar-refractivity contribution < 1.29 is 0 Å². The van der Waals surface area contributed by atoms with Gasteiger partial charge in [0.25, 0.3) is 0 Å². The van der Waals surface area contributed by atoms with Crippen molar-refractivity contribution in [3.8, 4) is 12.3 Å². The maximum Gasteiger partial charge on any atom is 0.165 e. The van der Waals surface area contributed by atoms with Crippen LogP contribution in [0.2, 0.25) is 0 Å². The van der Waals surface area contributed by atoms with Crippen LogP contribution < -0.4 is 0 Å². The Morgan fingerprint density at radius 1 is 1.33 bits per heavy atom. The number of aryl methyl sites for hydroxylation is 1. The number of nitrogens with zero attached hydrogens (tertiary/aromatic N) is 1. The van der Waals surface area contributed by atoms with Crippen molar-refractivity contribution in [2.24, 2.45) is 0 Å². The number of rotatable bonds is 5. The Hall–Kier alpha value is -1.66. The molecule has 0 spiro atoms. The number of nitrogens with one attached hydrogen (secondary N) is 1. The molecule has 92 valence electrons. The lowest BCUT2D eigenvalue weighted by Crippen LogP contribution is -1.90. The minimum Gasteiger partial charge on any atom is -0.337 e. The molecule has 0 aliphatic carbocycles. The summed E-state index contributed by atoms with van der Waals surface area (Å²) in [7, 11) is 0. The molecular formula is C15H16N2S. The molecule has 0 unspecified atom stereocenters. The van der Waals surface area contributed by atoms with Gasteiger partial charge < -0.3 is 4.98 Å². The zero-order valence-corrected chi connectivity index (χ0v) is 11.3. The van der Waals surface area contributed by atoms with Crippen LogP contribution in [-0.2, 0) is 6.42 Å². The average molecular weight is 256 g/mol. The lowest BCUT2D eigenvalue weighted by molar-refractivity contribution is 1.01. The van der Waals surface area contributed by atoms with Gasteiger partial charge in [0.05, 0.1) is 5.69 Å². The standard InChI is InChI=1S/C15H16N2S/c1-3-4-10-18-15-16-12(2)14(17-15)11-13-8-6-5-7-9-13/h1,5-9H,4,10-11H2,2H3,(H,16,17). The molecule has 0 saturated carbocycles. The van der Waals surface area contributed by atoms with Gasteiger partial charge in [0.15, 0.2) is 5.16 Å². The second kappa shape index (κ2) is 6.32. The minimum absolute atomic E-state index is 0.776. The van der Waals surface area contributed by atoms with Gasteiger partial charge in [0.2, 0.25) is 0 Å². The SMILES string of the molecule is C#CCCSc1nc(Cc2ccccc2)c(C)[nH]1. The Balaban J connectivity index is 2.03. The van der Waals surface area contributed by atoms with Gasteiger partial charge in [-0.05, 0) is 12.5 Å². The molecule has 0 saturated heterocycles. The normalized spacial score (nSPS) is 10.2. The molecule has 0 fully saturated rings. The van der Waals surface area contributed by atoms with E-state index in [-0.39, 0.29) is 0 Å². The zero-order valence-electron chi connectivity index (χ0n) is 10.4. The number of benzene rings is 1. The van der Waals surface area contributed by atoms with Crippen molar-refractivity contribution >= 4 is 11.8 Å². The van der Waals surface area contributed by atoms with E-state index >= 15 is 0 Å². The predicted molar refractivity (Wildman–Crippen MR) is 76.7 cm³/mol. The van der Waals surface area contributed by atoms with Crippen LogP contribution in [0.15, 0.2) is 35.5 Å². The molecule has 0 aliphatic heterocycles. The topological polar surface area (TPSA) is 28.7 Å². The highest BCUT2D eigenvalue weighted by Gasteiger charge is 2.07. The summed E-state index contributed by atoms with van der Waals surface area (Å²) in [5, 5.41) is 0.966. The molecule has 0 amide bonds. The van der Waals surface area contributed by atoms with Crippen LogP contribution in [0.5, 0.6) is 0 Å². The highest BCUT2D eigenvalue weighted by Crippen LogP contribution is 2.19. The molecule has 2 rings (SSSR count). The summed E-state index contributed by atoms with van der Waals surface area (Å²) < 4.78 is 0. The summed E-state index contributed by atoms with van der Waals surface area (Å²) >= 11 is 1.68. The van der Waals surface area contributed by atoms with E-state index in [1.165, 1.54) is 5.56 Å². The van der Waals surface area contributed by atoms with Gasteiger partial charge in [0, 0.05) is 24.3 Å². The highest BCUT2D eigenvalue weighted by atomic mass is 32.2. The van der Waals surface area contributed by atoms with Gasteiger partial charge in [-0.15, -0.1) is 12.3 Å². The van der Waals surface area contributed by atoms with Crippen molar-refractivity contribution in [2.45, 2.75) is 24.9 Å². The quantitative estimate of drug-likeness (QED) is 0.504. The molecule has 3 heteroatoms. The van der Waals surface area contributed by atoms with Crippen LogP contribution in [0.25, 0.3) is 0 Å². The lowest BCUT2D eigenvalue weighted by atomic mass is 10.1. The largest absolute Gasteiger partial charge is 0.337 e. The van der Waals surface area contributed by atoms with Gasteiger partial charge in [-0.3, -0.25) is 0 Å². The molecule has 2 nitrogen and oxygen atoms in total. The van der Waals surface area contributed by atoms with E-state index in [1.54, 1.807) is 11.8 Å². The number of aromatic nitrogens is 2. The van der Waals surface area contributed by atoms with Crippen LogP contribution in [0.3, 0.4) is 0 Å². The van der Waals surface area contributed by atoms with Crippen molar-refractivity contribution in [1.29, 1.82) is 0 Å². The minimum atomic E-state index is 0.776. The summed E-state index contributed by atoms with van der Waals surface area (Å²) in [4.78, 5) is 7.92. The molecule has 0 atom stereocenters. The van der Waals surface area contributed by atoms with Crippen molar-refractivity contribution in [1.82, 2.24) is 9.97 Å². The Labute approximate surface area is 112 Å². The molecule has 0 bridgehead atoms. The van der Waals surface area contributed by atoms with Crippen molar-refractivity contribution in [2.75, 3.05) is 5.75 Å². The molecule has 1 heterocycles. The van der Waals surface area contributed by atoms with E-state index < -0.39 is 0 Å². The third kappa shape index (κ3) is 3.41. The first kappa shape index (κ1) is 12.8. The Morgan fingerprint density at radius 2 is 2.11 bits per heavy atom. The first-order valence-electron chi connectivity index (χ1n) is 5.95. The highest BCUT2D eigenvalue weighted by molar-refractivity contribution is 7.99. The summed E-state index contributed by atoms with van der Waals surface area (Å²) in [6, 6.07) is 10.4. The fourth-order valence-corrected chi connectivity index (χ4v) is 2.52. The number of imidazole rings is 1. The number of thioether (sulfide) groups is 1. The molecule has 0 aliphatic rings. The van der Waals surface area contributed by atoms with Gasteiger partial charge in [-0.1, -0.05) is 42.1 Å². The van der Waals surface area contributed by atoms with Gasteiger partial charge in [-0.25, -0.2) is 4.98 Å². The zero-order chi connectivity index (χ0) is 12.8. The second-order valence-corrected chi connectivity index (χ2v) is 5.16. The van der Waals surface area contributed by atoms with Gasteiger partial charge in [-0.2, -0.15) is 0 Å². The molecule has 1 N–H and O–H groups in total. The average Bonchev–Trinajstić information content (AvgIpc) is 2.72. The van der Waals surface area contributed by atoms with E-state index in [0.29, 0.717) is 0 Å². The van der Waals surface area contributed by atoms with Gasteiger partial charge in [0.1, 0.15) is 0 Å². The molecule has 18 heavy (non-hydrogen) atoms. The third-order valence-corrected chi connectivity index (χ3v) is 3.54. The molecule has 0 radical (unpaired) electrons. The monoisotopic (exact) mass is 256 g/mol. The molecular weight excluding hydrogens is 240 g/mol. The van der Waals surface area contributed by atoms with E-state index in [9.17, 15) is 0 Å². The summed E-state index contributed by atoms with van der Waals surface area (Å²) in [5.41, 5.74) is 3.54. The summed E-state index contributed by atoms with van der Waals surface area (Å²) in [6.45, 7) is 2.07. The number of H-pyrrole nitrogens is 1. The van der Waals surface area contributed by atoms with Crippen LogP contribution in [0.1, 0.15) is 23.4 Å². The fourth-order valence-electron chi connectivity index (χ4n) is 1.70. The Morgan fingerprint density at radius 3 is 2.83 bits per heavy atom. The van der Waals surface area contributed by atoms with Gasteiger partial charge >= 0.3 is 0 Å². The van der Waals surface area contributed by atoms with E-state index in [0.717, 1.165) is 35.1 Å². The van der Waals surface area contributed by atoms with Crippen molar-refractivity contribution in [3.63, 3.8) is 0 Å². The maximum absolute atomic E-state index is 5.24. The maximum atomic E-state index is 5.24. The predicted octanol–water partition coefficient (Wildman–Crippen LogP) is 3.42. The van der Waals surface area contributed by atoms with E-state index in [1.807, 2.05) is 6.07 Å². The van der Waals surface area contributed by atoms with Crippen molar-refractivity contribution in [3.05, 3.63) is 47.3 Å². The summed E-state index contributed by atoms with van der Waals surface area (Å²) in [5.74, 6) is 3.55. The van der Waals surface area contributed by atoms with Crippen LogP contribution in [-0.4, -0.2) is 15.7 Å². The summed E-state index contributed by atoms with van der Waals surface area (Å²) in [6.07, 6.45) is 6.89. The first-order chi connectivity index (χ1) is 8.79. The third-order valence-electron chi connectivity index (χ3n) is 2.66. The van der Waals surface area contributed by atoms with Crippen LogP contribution in [0.4, 0.5) is 0 Å². The second-order valence-electron chi connectivity index (χ2n) is 4.08. The van der Waals surface area contributed by atoms with E-state index in [2.05, 4.69) is 47.1 Å². The fraction of sp³-hybridized carbons (Fsp3) is 0.267. The first-order valence-corrected chi connectivity index (χ1v) is 6.94. The number of hydrogen-bond donors (Lipinski definition) is 1. The molecule has 1 aromatic heterocycles. The molecule has 2 aromatic rings. The Bertz CT molecular complexity index is 537. The number of terminal acetylenes is 1. The van der Waals surface area contributed by atoms with Crippen LogP contribution in [0, 0.1) is 19.3 Å². The molecule has 1 aromatic carbocycles. The van der Waals surface area contributed by atoms with Crippen LogP contribution >= 0.6 is 11.8 Å². The number of aromatic amines is 1.